The van der Waals surface area contributed by atoms with Crippen LogP contribution in [0.25, 0.3) is 0 Å². The minimum absolute atomic E-state index is 0.0134. The van der Waals surface area contributed by atoms with Crippen LogP contribution in [0.1, 0.15) is 22.6 Å². The lowest BCUT2D eigenvalue weighted by molar-refractivity contribution is 0.284. The van der Waals surface area contributed by atoms with Crippen LogP contribution in [0.3, 0.4) is 0 Å². The molecule has 3 aromatic rings. The molecule has 0 aromatic heterocycles. The van der Waals surface area contributed by atoms with Gasteiger partial charge in [-0.25, -0.2) is 0 Å². The van der Waals surface area contributed by atoms with E-state index in [1.54, 1.807) is 31.4 Å². The van der Waals surface area contributed by atoms with E-state index in [0.29, 0.717) is 32.3 Å². The number of benzene rings is 3. The zero-order valence-electron chi connectivity index (χ0n) is 16.9. The molecule has 6 nitrogen and oxygen atoms in total. The topological polar surface area (TPSA) is 97.7 Å². The zero-order valence-corrected chi connectivity index (χ0v) is 19.3. The van der Waals surface area contributed by atoms with Crippen molar-refractivity contribution in [3.63, 3.8) is 0 Å². The fraction of sp³-hybridized carbons (Fsp3) is 0.125. The lowest BCUT2D eigenvalue weighted by atomic mass is 9.83. The van der Waals surface area contributed by atoms with E-state index in [9.17, 15) is 10.4 Å². The van der Waals surface area contributed by atoms with Crippen molar-refractivity contribution in [2.24, 2.45) is 5.73 Å². The average Bonchev–Trinajstić information content (AvgIpc) is 2.77. The van der Waals surface area contributed by atoms with Gasteiger partial charge in [0.25, 0.3) is 0 Å². The molecule has 0 saturated heterocycles. The van der Waals surface area contributed by atoms with Gasteiger partial charge in [-0.1, -0.05) is 51.8 Å². The Hall–Kier alpha value is -3.34. The largest absolute Gasteiger partial charge is 0.508 e. The molecule has 1 atom stereocenters. The highest BCUT2D eigenvalue weighted by atomic mass is 79.9. The van der Waals surface area contributed by atoms with Gasteiger partial charge in [0.05, 0.1) is 13.0 Å². The maximum atomic E-state index is 9.84. The second-order valence-corrected chi connectivity index (χ2v) is 8.31. The molecule has 0 fully saturated rings. The Morgan fingerprint density at radius 1 is 1.16 bits per heavy atom. The van der Waals surface area contributed by atoms with Gasteiger partial charge >= 0.3 is 0 Å². The molecule has 4 rings (SSSR count). The van der Waals surface area contributed by atoms with Gasteiger partial charge < -0.3 is 25.1 Å². The highest BCUT2D eigenvalue weighted by molar-refractivity contribution is 9.10. The van der Waals surface area contributed by atoms with Crippen LogP contribution < -0.4 is 19.9 Å². The number of fused-ring (bicyclic) bond motifs is 1. The number of halogens is 2. The lowest BCUT2D eigenvalue weighted by Gasteiger charge is -2.27. The van der Waals surface area contributed by atoms with E-state index in [4.69, 9.17) is 31.5 Å². The third-order valence-corrected chi connectivity index (χ3v) is 6.19. The number of phenolic OH excluding ortho intramolecular Hbond substituents is 1. The van der Waals surface area contributed by atoms with Gasteiger partial charge in [-0.3, -0.25) is 0 Å². The lowest BCUT2D eigenvalue weighted by Crippen LogP contribution is -2.21. The van der Waals surface area contributed by atoms with E-state index in [-0.39, 0.29) is 23.8 Å². The molecular formula is C24H18BrClN2O4. The summed E-state index contributed by atoms with van der Waals surface area (Å²) in [6.45, 7) is 0.261. The number of nitrogens with zero attached hydrogens (tertiary/aromatic N) is 1. The van der Waals surface area contributed by atoms with Crippen LogP contribution in [0.4, 0.5) is 0 Å². The smallest absolute Gasteiger partial charge is 0.205 e. The van der Waals surface area contributed by atoms with Crippen LogP contribution >= 0.6 is 27.5 Å². The Kier molecular flexibility index (Phi) is 6.17. The predicted octanol–water partition coefficient (Wildman–Crippen LogP) is 5.61. The first-order chi connectivity index (χ1) is 15.4. The fourth-order valence-electron chi connectivity index (χ4n) is 3.58. The van der Waals surface area contributed by atoms with Crippen molar-refractivity contribution in [1.82, 2.24) is 0 Å². The average molecular weight is 514 g/mol. The first-order valence-electron chi connectivity index (χ1n) is 9.57. The molecule has 0 bridgehead atoms. The summed E-state index contributed by atoms with van der Waals surface area (Å²) in [7, 11) is 1.54. The molecule has 0 amide bonds. The number of aromatic hydroxyl groups is 1. The van der Waals surface area contributed by atoms with Gasteiger partial charge in [0.15, 0.2) is 11.5 Å². The molecule has 0 saturated carbocycles. The molecule has 1 aliphatic heterocycles. The zero-order chi connectivity index (χ0) is 22.8. The number of allylic oxidation sites excluding steroid dienone is 1. The van der Waals surface area contributed by atoms with E-state index in [2.05, 4.69) is 22.0 Å². The SMILES string of the molecule is COc1cc([C@H]2C(C#N)=C(N)Oc3cc(O)ccc32)c(Br)cc1OCc1ccccc1Cl. The summed E-state index contributed by atoms with van der Waals surface area (Å²) in [6, 6.07) is 17.9. The fourth-order valence-corrected chi connectivity index (χ4v) is 4.32. The minimum atomic E-state index is -0.523. The molecule has 0 unspecified atom stereocenters. The van der Waals surface area contributed by atoms with Gasteiger partial charge in [0, 0.05) is 26.7 Å². The van der Waals surface area contributed by atoms with Gasteiger partial charge in [-0.2, -0.15) is 5.26 Å². The van der Waals surface area contributed by atoms with E-state index in [1.165, 1.54) is 12.1 Å². The standard InChI is InChI=1S/C24H18BrClN2O4/c1-30-21-9-16(18(25)10-22(21)31-12-13-4-2-3-5-19(13)26)23-15-7-6-14(29)8-20(15)32-24(28)17(23)11-27/h2-10,23,29H,12,28H2,1H3/t23-/m0/s1. The molecule has 3 N–H and O–H groups in total. The van der Waals surface area contributed by atoms with Crippen molar-refractivity contribution >= 4 is 27.5 Å². The van der Waals surface area contributed by atoms with Crippen molar-refractivity contribution in [2.45, 2.75) is 12.5 Å². The van der Waals surface area contributed by atoms with Crippen molar-refractivity contribution in [1.29, 1.82) is 5.26 Å². The van der Waals surface area contributed by atoms with Crippen molar-refractivity contribution in [3.8, 4) is 29.1 Å². The summed E-state index contributed by atoms with van der Waals surface area (Å²) in [6.07, 6.45) is 0. The highest BCUT2D eigenvalue weighted by Gasteiger charge is 2.33. The molecule has 1 heterocycles. The minimum Gasteiger partial charge on any atom is -0.508 e. The van der Waals surface area contributed by atoms with E-state index >= 15 is 0 Å². The molecule has 0 aliphatic carbocycles. The Bertz CT molecular complexity index is 1270. The van der Waals surface area contributed by atoms with Crippen LogP contribution in [0.5, 0.6) is 23.0 Å². The van der Waals surface area contributed by atoms with Crippen LogP contribution in [0.15, 0.2) is 70.5 Å². The van der Waals surface area contributed by atoms with E-state index in [0.717, 1.165) is 11.1 Å². The Labute approximate surface area is 198 Å². The monoisotopic (exact) mass is 512 g/mol. The molecule has 32 heavy (non-hydrogen) atoms. The Balaban J connectivity index is 1.76. The maximum absolute atomic E-state index is 9.84. The van der Waals surface area contributed by atoms with Gasteiger partial charge in [0.1, 0.15) is 29.7 Å². The number of methoxy groups -OCH3 is 1. The number of nitriles is 1. The van der Waals surface area contributed by atoms with E-state index < -0.39 is 5.92 Å². The van der Waals surface area contributed by atoms with Gasteiger partial charge in [0.2, 0.25) is 5.88 Å². The highest BCUT2D eigenvalue weighted by Crippen LogP contribution is 2.47. The van der Waals surface area contributed by atoms with Crippen LogP contribution in [0, 0.1) is 11.3 Å². The third-order valence-electron chi connectivity index (χ3n) is 5.14. The molecule has 0 spiro atoms. The Morgan fingerprint density at radius 3 is 2.66 bits per heavy atom. The second-order valence-electron chi connectivity index (χ2n) is 7.05. The predicted molar refractivity (Wildman–Crippen MR) is 124 cm³/mol. The summed E-state index contributed by atoms with van der Waals surface area (Å²) in [5.41, 5.74) is 8.57. The molecule has 0 radical (unpaired) electrons. The maximum Gasteiger partial charge on any atom is 0.205 e. The van der Waals surface area contributed by atoms with E-state index in [1.807, 2.05) is 18.2 Å². The summed E-state index contributed by atoms with van der Waals surface area (Å²) >= 11 is 9.83. The quantitative estimate of drug-likeness (QED) is 0.460. The van der Waals surface area contributed by atoms with Crippen molar-refractivity contribution in [3.05, 3.63) is 92.2 Å². The summed E-state index contributed by atoms with van der Waals surface area (Å²) in [4.78, 5) is 0. The molecular weight excluding hydrogens is 496 g/mol. The van der Waals surface area contributed by atoms with Gasteiger partial charge in [-0.05, 0) is 29.8 Å². The summed E-state index contributed by atoms with van der Waals surface area (Å²) in [5.74, 6) is 0.882. The number of phenols is 1. The van der Waals surface area contributed by atoms with Gasteiger partial charge in [-0.15, -0.1) is 0 Å². The summed E-state index contributed by atoms with van der Waals surface area (Å²) < 4.78 is 17.8. The third kappa shape index (κ3) is 4.07. The number of hydrogen-bond donors (Lipinski definition) is 2. The Morgan fingerprint density at radius 2 is 1.94 bits per heavy atom. The normalized spacial score (nSPS) is 14.9. The molecule has 8 heteroatoms. The number of nitrogens with two attached hydrogens (primary N) is 1. The molecule has 162 valence electrons. The van der Waals surface area contributed by atoms with Crippen molar-refractivity contribution in [2.75, 3.05) is 7.11 Å². The molecule has 1 aliphatic rings. The number of ether oxygens (including phenoxy) is 3. The van der Waals surface area contributed by atoms with Crippen LogP contribution in [-0.4, -0.2) is 12.2 Å². The molecule has 3 aromatic carbocycles. The second kappa shape index (κ2) is 9.03. The first kappa shape index (κ1) is 21.9. The summed E-state index contributed by atoms with van der Waals surface area (Å²) in [5, 5.41) is 20.2. The number of rotatable bonds is 5. The van der Waals surface area contributed by atoms with Crippen LogP contribution in [-0.2, 0) is 6.61 Å². The number of hydrogen-bond acceptors (Lipinski definition) is 6. The van der Waals surface area contributed by atoms with Crippen LogP contribution in [0.2, 0.25) is 5.02 Å². The van der Waals surface area contributed by atoms with Crippen molar-refractivity contribution < 1.29 is 19.3 Å². The first-order valence-corrected chi connectivity index (χ1v) is 10.7.